The standard InChI is InChI=1S/C17H16N7O3.C5H5.Fe/c25-7-13-12(26)5-14(27-13)23-9-20-15-16(23)18-8-19-17(15)24-6-11(21-22-24)10-3-1-2-4-10;1-2-4-5-3-1;/h1-4,6,8-9,12-14,25-26H,5,7H2;1-5H;/q;;+2/t12-,13+,14+;;/m0../s1. The second kappa shape index (κ2) is 11.0. The Morgan fingerprint density at radius 2 is 1.73 bits per heavy atom. The van der Waals surface area contributed by atoms with Crippen LogP contribution in [-0.2, 0) is 21.8 Å². The summed E-state index contributed by atoms with van der Waals surface area (Å²) in [5.41, 5.74) is 1.84. The first-order chi connectivity index (χ1) is 15.7. The van der Waals surface area contributed by atoms with Gasteiger partial charge in [0.15, 0.2) is 17.0 Å². The van der Waals surface area contributed by atoms with Crippen LogP contribution in [0.3, 0.4) is 0 Å². The van der Waals surface area contributed by atoms with Crippen molar-refractivity contribution in [3.8, 4) is 5.82 Å². The van der Waals surface area contributed by atoms with Crippen molar-refractivity contribution in [2.24, 2.45) is 0 Å². The smallest absolute Gasteiger partial charge is 0.394 e. The molecule has 2 aliphatic carbocycles. The molecule has 33 heavy (non-hydrogen) atoms. The first-order valence-corrected chi connectivity index (χ1v) is 10.2. The first kappa shape index (κ1) is 24.2. The third-order valence-corrected chi connectivity index (χ3v) is 5.26. The Bertz CT molecular complexity index is 1020. The fourth-order valence-corrected chi connectivity index (χ4v) is 3.63. The largest absolute Gasteiger partial charge is 2.00 e. The number of hydrogen-bond acceptors (Lipinski definition) is 8. The predicted octanol–water partition coefficient (Wildman–Crippen LogP) is 0.820. The van der Waals surface area contributed by atoms with E-state index >= 15 is 0 Å². The molecule has 1 aliphatic heterocycles. The van der Waals surface area contributed by atoms with Crippen LogP contribution in [0.2, 0.25) is 0 Å². The number of imidazole rings is 1. The molecular formula is C22H21FeN7O3+2. The first-order valence-electron chi connectivity index (χ1n) is 10.2. The van der Waals surface area contributed by atoms with Gasteiger partial charge in [0.05, 0.1) is 30.9 Å². The molecule has 168 valence electrons. The summed E-state index contributed by atoms with van der Waals surface area (Å²) in [5.74, 6) is 1.47. The molecule has 10 radical (unpaired) electrons. The van der Waals surface area contributed by atoms with Crippen molar-refractivity contribution in [1.82, 2.24) is 34.5 Å². The van der Waals surface area contributed by atoms with Crippen LogP contribution in [0.25, 0.3) is 17.0 Å². The summed E-state index contributed by atoms with van der Waals surface area (Å²) < 4.78 is 8.99. The second-order valence-electron chi connectivity index (χ2n) is 7.32. The van der Waals surface area contributed by atoms with E-state index in [9.17, 15) is 10.2 Å². The van der Waals surface area contributed by atoms with Gasteiger partial charge in [-0.15, -0.1) is 5.10 Å². The van der Waals surface area contributed by atoms with Crippen LogP contribution in [0, 0.1) is 63.7 Å². The van der Waals surface area contributed by atoms with E-state index < -0.39 is 18.4 Å². The van der Waals surface area contributed by atoms with Gasteiger partial charge in [-0.2, -0.15) is 4.68 Å². The molecule has 3 aromatic rings. The summed E-state index contributed by atoms with van der Waals surface area (Å²) in [6.07, 6.45) is 21.1. The third kappa shape index (κ3) is 5.12. The average molecular weight is 487 g/mol. The second-order valence-corrected chi connectivity index (χ2v) is 7.32. The summed E-state index contributed by atoms with van der Waals surface area (Å²) >= 11 is 0. The van der Waals surface area contributed by atoms with E-state index in [1.807, 2.05) is 57.8 Å². The van der Waals surface area contributed by atoms with Crippen LogP contribution in [-0.4, -0.2) is 63.5 Å². The Labute approximate surface area is 203 Å². The van der Waals surface area contributed by atoms with Gasteiger partial charge in [0.2, 0.25) is 0 Å². The molecule has 0 unspecified atom stereocenters. The van der Waals surface area contributed by atoms with E-state index in [0.29, 0.717) is 23.4 Å². The Hall–Kier alpha value is -1.91. The van der Waals surface area contributed by atoms with E-state index in [2.05, 4.69) is 25.3 Å². The van der Waals surface area contributed by atoms with Gasteiger partial charge in [0.25, 0.3) is 0 Å². The van der Waals surface area contributed by atoms with Gasteiger partial charge >= 0.3 is 17.1 Å². The zero-order valence-electron chi connectivity index (χ0n) is 17.4. The van der Waals surface area contributed by atoms with Gasteiger partial charge in [0, 0.05) is 12.3 Å². The molecule has 0 amide bonds. The average Bonchev–Trinajstić information content (AvgIpc) is 3.62. The molecule has 3 aliphatic rings. The minimum atomic E-state index is -0.735. The van der Waals surface area contributed by atoms with Crippen LogP contribution in [0.1, 0.15) is 18.3 Å². The summed E-state index contributed by atoms with van der Waals surface area (Å²) in [7, 11) is 0. The molecule has 4 heterocycles. The summed E-state index contributed by atoms with van der Waals surface area (Å²) in [6.45, 7) is -0.242. The zero-order chi connectivity index (χ0) is 21.9. The van der Waals surface area contributed by atoms with Crippen LogP contribution in [0.15, 0.2) is 18.9 Å². The summed E-state index contributed by atoms with van der Waals surface area (Å²) in [4.78, 5) is 13.0. The van der Waals surface area contributed by atoms with Crippen LogP contribution < -0.4 is 0 Å². The Kier molecular flexibility index (Phi) is 8.08. The molecule has 2 saturated carbocycles. The minimum Gasteiger partial charge on any atom is -0.394 e. The normalized spacial score (nSPS) is 25.2. The minimum absolute atomic E-state index is 0. The fourth-order valence-electron chi connectivity index (χ4n) is 3.63. The van der Waals surface area contributed by atoms with Crippen molar-refractivity contribution in [3.05, 3.63) is 88.3 Å². The number of fused-ring (bicyclic) bond motifs is 1. The molecule has 0 bridgehead atoms. The molecule has 10 nitrogen and oxygen atoms in total. The van der Waals surface area contributed by atoms with E-state index in [1.165, 1.54) is 6.33 Å². The molecule has 11 heteroatoms. The van der Waals surface area contributed by atoms with Gasteiger partial charge in [0.1, 0.15) is 18.7 Å². The molecule has 2 N–H and O–H groups in total. The zero-order valence-corrected chi connectivity index (χ0v) is 18.5. The number of aliphatic hydroxyl groups excluding tert-OH is 2. The van der Waals surface area contributed by atoms with Gasteiger partial charge in [-0.3, -0.25) is 4.57 Å². The van der Waals surface area contributed by atoms with Crippen LogP contribution in [0.5, 0.6) is 0 Å². The molecule has 3 atom stereocenters. The number of ether oxygens (including phenoxy) is 1. The Balaban J connectivity index is 0.000000385. The molecule has 3 aromatic heterocycles. The van der Waals surface area contributed by atoms with Gasteiger partial charge in [-0.1, -0.05) is 5.21 Å². The number of rotatable bonds is 4. The Morgan fingerprint density at radius 1 is 1.00 bits per heavy atom. The maximum atomic E-state index is 9.98. The Morgan fingerprint density at radius 3 is 2.39 bits per heavy atom. The topological polar surface area (TPSA) is 124 Å². The molecule has 3 fully saturated rings. The van der Waals surface area contributed by atoms with Crippen LogP contribution >= 0.6 is 0 Å². The monoisotopic (exact) mass is 487 g/mol. The van der Waals surface area contributed by atoms with Crippen molar-refractivity contribution < 1.29 is 32.0 Å². The quantitative estimate of drug-likeness (QED) is 0.519. The number of hydrogen-bond donors (Lipinski definition) is 2. The molecule has 0 aromatic carbocycles. The van der Waals surface area contributed by atoms with E-state index in [1.54, 1.807) is 21.8 Å². The number of nitrogens with zero attached hydrogens (tertiary/aromatic N) is 7. The van der Waals surface area contributed by atoms with Crippen molar-refractivity contribution in [2.75, 3.05) is 6.61 Å². The van der Waals surface area contributed by atoms with Gasteiger partial charge in [-0.05, 0) is 57.8 Å². The van der Waals surface area contributed by atoms with E-state index in [0.717, 1.165) is 11.6 Å². The predicted molar refractivity (Wildman–Crippen MR) is 113 cm³/mol. The van der Waals surface area contributed by atoms with Crippen molar-refractivity contribution >= 4 is 11.2 Å². The van der Waals surface area contributed by atoms with Crippen LogP contribution in [0.4, 0.5) is 0 Å². The SMILES string of the molecule is OC[C@H]1O[C@@H](n2cnc3c(-n4cc([C]5[CH][CH][CH][CH]5)nn4)ncnc32)C[C@@H]1O.[CH]1[CH][CH][CH][CH]1.[Fe+2]. The fraction of sp³-hybridized carbons (Fsp3) is 0.227. The molecule has 1 saturated heterocycles. The summed E-state index contributed by atoms with van der Waals surface area (Å²) in [6, 6.07) is 0. The molecular weight excluding hydrogens is 466 g/mol. The van der Waals surface area contributed by atoms with E-state index in [-0.39, 0.29) is 23.7 Å². The number of aromatic nitrogens is 7. The van der Waals surface area contributed by atoms with Gasteiger partial charge in [-0.25, -0.2) is 15.0 Å². The van der Waals surface area contributed by atoms with Crippen molar-refractivity contribution in [3.63, 3.8) is 0 Å². The van der Waals surface area contributed by atoms with Crippen molar-refractivity contribution in [2.45, 2.75) is 24.9 Å². The molecule has 0 spiro atoms. The maximum absolute atomic E-state index is 9.98. The van der Waals surface area contributed by atoms with Gasteiger partial charge < -0.3 is 14.9 Å². The van der Waals surface area contributed by atoms with E-state index in [4.69, 9.17) is 4.74 Å². The number of aliphatic hydroxyl groups is 2. The summed E-state index contributed by atoms with van der Waals surface area (Å²) in [5, 5.41) is 27.6. The third-order valence-electron chi connectivity index (χ3n) is 5.26. The maximum Gasteiger partial charge on any atom is 2.00 e. The van der Waals surface area contributed by atoms with Crippen molar-refractivity contribution in [1.29, 1.82) is 0 Å². The molecule has 6 rings (SSSR count).